The Morgan fingerprint density at radius 3 is 2.55 bits per heavy atom. The van der Waals surface area contributed by atoms with Crippen LogP contribution < -0.4 is 5.73 Å². The lowest BCUT2D eigenvalue weighted by atomic mass is 9.94. The first-order chi connectivity index (χ1) is 9.52. The Hall–Kier alpha value is -1.42. The van der Waals surface area contributed by atoms with Crippen LogP contribution in [0.4, 0.5) is 0 Å². The molecule has 0 radical (unpaired) electrons. The van der Waals surface area contributed by atoms with Crippen molar-refractivity contribution in [1.82, 2.24) is 9.88 Å². The van der Waals surface area contributed by atoms with Crippen LogP contribution in [0.3, 0.4) is 0 Å². The average Bonchev–Trinajstić information content (AvgIpc) is 2.44. The summed E-state index contributed by atoms with van der Waals surface area (Å²) in [5.74, 6) is 1.07. The molecule has 0 saturated heterocycles. The van der Waals surface area contributed by atoms with Gasteiger partial charge in [0.05, 0.1) is 0 Å². The quantitative estimate of drug-likeness (QED) is 0.791. The third kappa shape index (κ3) is 6.15. The van der Waals surface area contributed by atoms with Crippen molar-refractivity contribution in [3.8, 4) is 0 Å². The number of nitrogens with two attached hydrogens (primary N) is 1. The van der Waals surface area contributed by atoms with E-state index in [2.05, 4.69) is 18.8 Å². The Morgan fingerprint density at radius 2 is 2.00 bits per heavy atom. The van der Waals surface area contributed by atoms with E-state index in [0.29, 0.717) is 24.8 Å². The summed E-state index contributed by atoms with van der Waals surface area (Å²) in [5, 5.41) is 0. The zero-order valence-corrected chi connectivity index (χ0v) is 12.9. The van der Waals surface area contributed by atoms with Gasteiger partial charge < -0.3 is 10.6 Å². The molecule has 0 aliphatic rings. The van der Waals surface area contributed by atoms with Crippen molar-refractivity contribution in [2.45, 2.75) is 33.1 Å². The van der Waals surface area contributed by atoms with Crippen molar-refractivity contribution in [1.29, 1.82) is 0 Å². The summed E-state index contributed by atoms with van der Waals surface area (Å²) in [6, 6.07) is 3.97. The summed E-state index contributed by atoms with van der Waals surface area (Å²) in [6.07, 6.45) is 6.00. The number of rotatable bonds is 8. The number of carbonyl (C=O) groups excluding carboxylic acids is 1. The number of likely N-dealkylation sites (N-methyl/N-ethyl adjacent to an activating group) is 1. The van der Waals surface area contributed by atoms with E-state index in [1.165, 1.54) is 5.56 Å². The lowest BCUT2D eigenvalue weighted by Crippen LogP contribution is -2.32. The molecular weight excluding hydrogens is 250 g/mol. The third-order valence-corrected chi connectivity index (χ3v) is 3.51. The SMILES string of the molecule is CC(C)CC(CN)CC(=O)N(C)CCc1ccncc1. The Labute approximate surface area is 122 Å². The van der Waals surface area contributed by atoms with E-state index in [1.54, 1.807) is 12.4 Å². The van der Waals surface area contributed by atoms with Crippen LogP contribution in [0.25, 0.3) is 0 Å². The molecule has 0 spiro atoms. The monoisotopic (exact) mass is 277 g/mol. The minimum Gasteiger partial charge on any atom is -0.345 e. The van der Waals surface area contributed by atoms with Gasteiger partial charge in [-0.2, -0.15) is 0 Å². The van der Waals surface area contributed by atoms with E-state index in [4.69, 9.17) is 5.73 Å². The summed E-state index contributed by atoms with van der Waals surface area (Å²) < 4.78 is 0. The highest BCUT2D eigenvalue weighted by molar-refractivity contribution is 5.76. The number of hydrogen-bond donors (Lipinski definition) is 1. The molecule has 112 valence electrons. The van der Waals surface area contributed by atoms with Gasteiger partial charge in [-0.15, -0.1) is 0 Å². The molecule has 0 bridgehead atoms. The second kappa shape index (κ2) is 8.69. The number of amides is 1. The Kier molecular flexibility index (Phi) is 7.23. The van der Waals surface area contributed by atoms with Gasteiger partial charge in [0.2, 0.25) is 5.91 Å². The second-order valence-corrected chi connectivity index (χ2v) is 5.86. The number of hydrogen-bond acceptors (Lipinski definition) is 3. The van der Waals surface area contributed by atoms with Crippen molar-refractivity contribution in [3.63, 3.8) is 0 Å². The zero-order chi connectivity index (χ0) is 15.0. The molecular formula is C16H27N3O. The predicted molar refractivity (Wildman–Crippen MR) is 82.2 cm³/mol. The molecule has 0 aromatic carbocycles. The highest BCUT2D eigenvalue weighted by Crippen LogP contribution is 2.15. The molecule has 0 aliphatic heterocycles. The smallest absolute Gasteiger partial charge is 0.222 e. The molecule has 4 heteroatoms. The van der Waals surface area contributed by atoms with E-state index in [-0.39, 0.29) is 5.91 Å². The second-order valence-electron chi connectivity index (χ2n) is 5.86. The molecule has 1 heterocycles. The predicted octanol–water partition coefficient (Wildman–Crippen LogP) is 2.09. The van der Waals surface area contributed by atoms with Crippen LogP contribution in [0.5, 0.6) is 0 Å². The van der Waals surface area contributed by atoms with Crippen molar-refractivity contribution in [3.05, 3.63) is 30.1 Å². The maximum atomic E-state index is 12.2. The first kappa shape index (κ1) is 16.6. The highest BCUT2D eigenvalue weighted by Gasteiger charge is 2.16. The third-order valence-electron chi connectivity index (χ3n) is 3.51. The molecule has 1 atom stereocenters. The molecule has 1 aromatic heterocycles. The van der Waals surface area contributed by atoms with E-state index in [9.17, 15) is 4.79 Å². The van der Waals surface area contributed by atoms with Gasteiger partial charge in [-0.3, -0.25) is 9.78 Å². The van der Waals surface area contributed by atoms with Gasteiger partial charge in [0, 0.05) is 32.4 Å². The maximum Gasteiger partial charge on any atom is 0.222 e. The largest absolute Gasteiger partial charge is 0.345 e. The standard InChI is InChI=1S/C16H27N3O/c1-13(2)10-15(12-17)11-16(20)19(3)9-6-14-4-7-18-8-5-14/h4-5,7-8,13,15H,6,9-12,17H2,1-3H3. The van der Waals surface area contributed by atoms with Crippen LogP contribution in [0.15, 0.2) is 24.5 Å². The zero-order valence-electron chi connectivity index (χ0n) is 12.9. The summed E-state index contributed by atoms with van der Waals surface area (Å²) >= 11 is 0. The molecule has 1 rings (SSSR count). The lowest BCUT2D eigenvalue weighted by Gasteiger charge is -2.22. The van der Waals surface area contributed by atoms with Crippen LogP contribution in [0.2, 0.25) is 0 Å². The van der Waals surface area contributed by atoms with Crippen LogP contribution in [0, 0.1) is 11.8 Å². The minimum atomic E-state index is 0.190. The number of carbonyl (C=O) groups is 1. The fraction of sp³-hybridized carbons (Fsp3) is 0.625. The Bertz CT molecular complexity index is 392. The molecule has 1 aromatic rings. The lowest BCUT2D eigenvalue weighted by molar-refractivity contribution is -0.130. The van der Waals surface area contributed by atoms with Crippen LogP contribution in [-0.2, 0) is 11.2 Å². The van der Waals surface area contributed by atoms with Crippen molar-refractivity contribution < 1.29 is 4.79 Å². The van der Waals surface area contributed by atoms with Gasteiger partial charge >= 0.3 is 0 Å². The normalized spacial score (nSPS) is 12.4. The topological polar surface area (TPSA) is 59.2 Å². The van der Waals surface area contributed by atoms with Gasteiger partial charge in [-0.1, -0.05) is 13.8 Å². The minimum absolute atomic E-state index is 0.190. The molecule has 4 nitrogen and oxygen atoms in total. The Balaban J connectivity index is 2.38. The van der Waals surface area contributed by atoms with Crippen LogP contribution in [-0.4, -0.2) is 35.9 Å². The fourth-order valence-electron chi connectivity index (χ4n) is 2.30. The van der Waals surface area contributed by atoms with Crippen molar-refractivity contribution in [2.24, 2.45) is 17.6 Å². The highest BCUT2D eigenvalue weighted by atomic mass is 16.2. The number of aromatic nitrogens is 1. The van der Waals surface area contributed by atoms with E-state index >= 15 is 0 Å². The molecule has 2 N–H and O–H groups in total. The van der Waals surface area contributed by atoms with Gasteiger partial charge in [-0.05, 0) is 48.9 Å². The van der Waals surface area contributed by atoms with E-state index in [0.717, 1.165) is 19.4 Å². The molecule has 1 amide bonds. The van der Waals surface area contributed by atoms with Gasteiger partial charge in [-0.25, -0.2) is 0 Å². The van der Waals surface area contributed by atoms with Gasteiger partial charge in [0.15, 0.2) is 0 Å². The molecule has 1 unspecified atom stereocenters. The van der Waals surface area contributed by atoms with E-state index < -0.39 is 0 Å². The summed E-state index contributed by atoms with van der Waals surface area (Å²) in [7, 11) is 1.87. The fourth-order valence-corrected chi connectivity index (χ4v) is 2.30. The Morgan fingerprint density at radius 1 is 1.35 bits per heavy atom. The molecule has 0 fully saturated rings. The van der Waals surface area contributed by atoms with Crippen LogP contribution in [0.1, 0.15) is 32.3 Å². The first-order valence-electron chi connectivity index (χ1n) is 7.35. The summed E-state index contributed by atoms with van der Waals surface area (Å²) in [4.78, 5) is 18.0. The molecule has 20 heavy (non-hydrogen) atoms. The average molecular weight is 277 g/mol. The van der Waals surface area contributed by atoms with Gasteiger partial charge in [0.25, 0.3) is 0 Å². The van der Waals surface area contributed by atoms with Crippen LogP contribution >= 0.6 is 0 Å². The van der Waals surface area contributed by atoms with E-state index in [1.807, 2.05) is 24.1 Å². The number of pyridine rings is 1. The van der Waals surface area contributed by atoms with Crippen molar-refractivity contribution in [2.75, 3.05) is 20.1 Å². The number of nitrogens with zero attached hydrogens (tertiary/aromatic N) is 2. The van der Waals surface area contributed by atoms with Gasteiger partial charge in [0.1, 0.15) is 0 Å². The van der Waals surface area contributed by atoms with Crippen molar-refractivity contribution >= 4 is 5.91 Å². The maximum absolute atomic E-state index is 12.2. The summed E-state index contributed by atoms with van der Waals surface area (Å²) in [6.45, 7) is 5.66. The first-order valence-corrected chi connectivity index (χ1v) is 7.35. The molecule has 0 saturated carbocycles. The summed E-state index contributed by atoms with van der Waals surface area (Å²) in [5.41, 5.74) is 6.96. The molecule has 0 aliphatic carbocycles.